The summed E-state index contributed by atoms with van der Waals surface area (Å²) in [5, 5.41) is 2.66. The van der Waals surface area contributed by atoms with E-state index < -0.39 is 0 Å². The molecule has 0 aliphatic heterocycles. The summed E-state index contributed by atoms with van der Waals surface area (Å²) in [4.78, 5) is 22.9. The molecule has 0 heterocycles. The molecule has 114 valence electrons. The van der Waals surface area contributed by atoms with Crippen molar-refractivity contribution >= 4 is 17.6 Å². The summed E-state index contributed by atoms with van der Waals surface area (Å²) >= 11 is 0. The van der Waals surface area contributed by atoms with Crippen LogP contribution in [0.5, 0.6) is 5.75 Å². The number of carbonyl (C=O) groups excluding carboxylic acids is 2. The van der Waals surface area contributed by atoms with Crippen LogP contribution in [0.2, 0.25) is 0 Å². The Bertz CT molecular complexity index is 635. The van der Waals surface area contributed by atoms with Crippen molar-refractivity contribution in [2.75, 3.05) is 5.32 Å². The Balaban J connectivity index is 1.90. The highest BCUT2D eigenvalue weighted by molar-refractivity contribution is 5.88. The van der Waals surface area contributed by atoms with Crippen LogP contribution in [0.4, 0.5) is 5.69 Å². The van der Waals surface area contributed by atoms with E-state index in [0.29, 0.717) is 17.9 Å². The fraction of sp³-hybridized carbons (Fsp3) is 0.222. The van der Waals surface area contributed by atoms with Gasteiger partial charge in [0.2, 0.25) is 5.91 Å². The van der Waals surface area contributed by atoms with Crippen LogP contribution >= 0.6 is 0 Å². The van der Waals surface area contributed by atoms with Gasteiger partial charge in [0.05, 0.1) is 6.42 Å². The van der Waals surface area contributed by atoms with Gasteiger partial charge < -0.3 is 10.1 Å². The first-order chi connectivity index (χ1) is 10.5. The number of benzene rings is 2. The van der Waals surface area contributed by atoms with Crippen molar-refractivity contribution in [3.8, 4) is 5.75 Å². The van der Waals surface area contributed by atoms with Crippen LogP contribution in [0.1, 0.15) is 31.7 Å². The third-order valence-corrected chi connectivity index (χ3v) is 3.25. The number of esters is 1. The van der Waals surface area contributed by atoms with E-state index in [0.717, 1.165) is 5.56 Å². The predicted molar refractivity (Wildman–Crippen MR) is 85.9 cm³/mol. The van der Waals surface area contributed by atoms with Crippen LogP contribution in [0.3, 0.4) is 0 Å². The highest BCUT2D eigenvalue weighted by Gasteiger charge is 2.13. The zero-order valence-electron chi connectivity index (χ0n) is 12.7. The standard InChI is InChI=1S/C18H19NO3/c1-13(15-6-4-3-5-7-15)12-18(21)22-17-10-8-16(9-11-17)19-14(2)20/h3-11,13H,12H2,1-2H3,(H,19,20). The molecule has 0 aliphatic rings. The summed E-state index contributed by atoms with van der Waals surface area (Å²) in [7, 11) is 0. The Kier molecular flexibility index (Phi) is 5.31. The van der Waals surface area contributed by atoms with Gasteiger partial charge in [-0.1, -0.05) is 37.3 Å². The maximum absolute atomic E-state index is 12.0. The third-order valence-electron chi connectivity index (χ3n) is 3.25. The zero-order chi connectivity index (χ0) is 15.9. The molecule has 4 heteroatoms. The lowest BCUT2D eigenvalue weighted by Crippen LogP contribution is -2.11. The van der Waals surface area contributed by atoms with Crippen molar-refractivity contribution < 1.29 is 14.3 Å². The number of nitrogens with one attached hydrogen (secondary N) is 1. The highest BCUT2D eigenvalue weighted by Crippen LogP contribution is 2.21. The number of rotatable bonds is 5. The summed E-state index contributed by atoms with van der Waals surface area (Å²) in [6, 6.07) is 16.6. The van der Waals surface area contributed by atoms with Crippen LogP contribution < -0.4 is 10.1 Å². The molecule has 0 fully saturated rings. The van der Waals surface area contributed by atoms with E-state index in [-0.39, 0.29) is 17.8 Å². The molecule has 0 saturated heterocycles. The molecule has 1 atom stereocenters. The van der Waals surface area contributed by atoms with Crippen LogP contribution in [-0.2, 0) is 9.59 Å². The predicted octanol–water partition coefficient (Wildman–Crippen LogP) is 3.74. The van der Waals surface area contributed by atoms with Gasteiger partial charge >= 0.3 is 5.97 Å². The molecule has 4 nitrogen and oxygen atoms in total. The number of carbonyl (C=O) groups is 2. The van der Waals surface area contributed by atoms with E-state index >= 15 is 0 Å². The maximum Gasteiger partial charge on any atom is 0.311 e. The van der Waals surface area contributed by atoms with Gasteiger partial charge in [-0.15, -0.1) is 0 Å². The Morgan fingerprint density at radius 3 is 2.27 bits per heavy atom. The molecule has 0 bridgehead atoms. The third kappa shape index (κ3) is 4.74. The van der Waals surface area contributed by atoms with E-state index in [1.807, 2.05) is 37.3 Å². The van der Waals surface area contributed by atoms with Gasteiger partial charge in [-0.2, -0.15) is 0 Å². The molecule has 1 N–H and O–H groups in total. The summed E-state index contributed by atoms with van der Waals surface area (Å²) in [6.07, 6.45) is 0.317. The quantitative estimate of drug-likeness (QED) is 0.675. The van der Waals surface area contributed by atoms with Crippen molar-refractivity contribution in [3.05, 3.63) is 60.2 Å². The molecule has 0 aliphatic carbocycles. The first-order valence-electron chi connectivity index (χ1n) is 7.18. The van der Waals surface area contributed by atoms with E-state index in [9.17, 15) is 9.59 Å². The van der Waals surface area contributed by atoms with Crippen LogP contribution in [0, 0.1) is 0 Å². The monoisotopic (exact) mass is 297 g/mol. The molecule has 2 aromatic rings. The number of amides is 1. The first-order valence-corrected chi connectivity index (χ1v) is 7.18. The highest BCUT2D eigenvalue weighted by atomic mass is 16.5. The molecule has 1 unspecified atom stereocenters. The van der Waals surface area contributed by atoms with Crippen LogP contribution in [0.15, 0.2) is 54.6 Å². The minimum Gasteiger partial charge on any atom is -0.427 e. The Morgan fingerprint density at radius 1 is 1.05 bits per heavy atom. The van der Waals surface area contributed by atoms with E-state index in [1.54, 1.807) is 24.3 Å². The normalized spacial score (nSPS) is 11.5. The van der Waals surface area contributed by atoms with Gasteiger partial charge in [0, 0.05) is 12.6 Å². The smallest absolute Gasteiger partial charge is 0.311 e. The summed E-state index contributed by atoms with van der Waals surface area (Å²) in [6.45, 7) is 3.44. The molecule has 0 radical (unpaired) electrons. The van der Waals surface area contributed by atoms with Gasteiger partial charge in [-0.3, -0.25) is 9.59 Å². The number of hydrogen-bond donors (Lipinski definition) is 1. The molecule has 0 spiro atoms. The second-order valence-corrected chi connectivity index (χ2v) is 5.20. The Morgan fingerprint density at radius 2 is 1.68 bits per heavy atom. The molecule has 22 heavy (non-hydrogen) atoms. The van der Waals surface area contributed by atoms with Crippen molar-refractivity contribution in [1.82, 2.24) is 0 Å². The topological polar surface area (TPSA) is 55.4 Å². The van der Waals surface area contributed by atoms with Crippen molar-refractivity contribution in [2.45, 2.75) is 26.2 Å². The van der Waals surface area contributed by atoms with E-state index in [4.69, 9.17) is 4.74 Å². The minimum atomic E-state index is -0.274. The second kappa shape index (κ2) is 7.41. The van der Waals surface area contributed by atoms with Gasteiger partial charge in [0.15, 0.2) is 0 Å². The van der Waals surface area contributed by atoms with E-state index in [1.165, 1.54) is 6.92 Å². The summed E-state index contributed by atoms with van der Waals surface area (Å²) in [5.41, 5.74) is 1.78. The van der Waals surface area contributed by atoms with Crippen molar-refractivity contribution in [3.63, 3.8) is 0 Å². The Labute approximate surface area is 130 Å². The molecular weight excluding hydrogens is 278 g/mol. The fourth-order valence-electron chi connectivity index (χ4n) is 2.13. The van der Waals surface area contributed by atoms with Gasteiger partial charge in [0.25, 0.3) is 0 Å². The van der Waals surface area contributed by atoms with Gasteiger partial charge in [-0.05, 0) is 35.7 Å². The molecule has 0 saturated carbocycles. The molecule has 1 amide bonds. The lowest BCUT2D eigenvalue weighted by atomic mass is 9.98. The first kappa shape index (κ1) is 15.8. The average Bonchev–Trinajstić information content (AvgIpc) is 2.49. The molecular formula is C18H19NO3. The summed E-state index contributed by atoms with van der Waals surface area (Å²) in [5.74, 6) is 0.164. The molecule has 2 rings (SSSR count). The molecule has 2 aromatic carbocycles. The van der Waals surface area contributed by atoms with E-state index in [2.05, 4.69) is 5.32 Å². The maximum atomic E-state index is 12.0. The van der Waals surface area contributed by atoms with Crippen LogP contribution in [0.25, 0.3) is 0 Å². The SMILES string of the molecule is CC(=O)Nc1ccc(OC(=O)CC(C)c2ccccc2)cc1. The number of ether oxygens (including phenoxy) is 1. The lowest BCUT2D eigenvalue weighted by Gasteiger charge is -2.11. The van der Waals surface area contributed by atoms with Gasteiger partial charge in [-0.25, -0.2) is 0 Å². The lowest BCUT2D eigenvalue weighted by molar-refractivity contribution is -0.134. The van der Waals surface area contributed by atoms with Crippen molar-refractivity contribution in [2.24, 2.45) is 0 Å². The van der Waals surface area contributed by atoms with Gasteiger partial charge in [0.1, 0.15) is 5.75 Å². The zero-order valence-corrected chi connectivity index (χ0v) is 12.7. The average molecular weight is 297 g/mol. The summed E-state index contributed by atoms with van der Waals surface area (Å²) < 4.78 is 5.31. The van der Waals surface area contributed by atoms with Crippen LogP contribution in [-0.4, -0.2) is 11.9 Å². The largest absolute Gasteiger partial charge is 0.427 e. The number of hydrogen-bond acceptors (Lipinski definition) is 3. The second-order valence-electron chi connectivity index (χ2n) is 5.20. The van der Waals surface area contributed by atoms with Crippen molar-refractivity contribution in [1.29, 1.82) is 0 Å². The fourth-order valence-corrected chi connectivity index (χ4v) is 2.13. The minimum absolute atomic E-state index is 0.104. The number of anilines is 1. The molecule has 0 aromatic heterocycles. The Hall–Kier alpha value is -2.62.